The van der Waals surface area contributed by atoms with E-state index in [0.29, 0.717) is 33.9 Å². The Bertz CT molecular complexity index is 1020. The van der Waals surface area contributed by atoms with Gasteiger partial charge in [0.15, 0.2) is 17.1 Å². The molecule has 0 amide bonds. The van der Waals surface area contributed by atoms with Gasteiger partial charge in [-0.2, -0.15) is 5.10 Å². The van der Waals surface area contributed by atoms with Crippen molar-refractivity contribution in [3.05, 3.63) is 46.8 Å². The summed E-state index contributed by atoms with van der Waals surface area (Å²) in [4.78, 5) is 16.2. The molecule has 0 atom stereocenters. The predicted molar refractivity (Wildman–Crippen MR) is 98.7 cm³/mol. The number of methoxy groups -OCH3 is 2. The van der Waals surface area contributed by atoms with Crippen molar-refractivity contribution in [2.75, 3.05) is 14.2 Å². The number of carbonyl (C=O) groups is 1. The number of hydrogen-bond donors (Lipinski definition) is 1. The van der Waals surface area contributed by atoms with Crippen molar-refractivity contribution in [2.24, 2.45) is 7.05 Å². The number of fused-ring (bicyclic) bond motifs is 1. The third-order valence-electron chi connectivity index (χ3n) is 4.07. The molecular weight excluding hydrogens is 334 g/mol. The second kappa shape index (κ2) is 6.87. The summed E-state index contributed by atoms with van der Waals surface area (Å²) in [5.74, 6) is 0.253. The van der Waals surface area contributed by atoms with Crippen LogP contribution in [0.3, 0.4) is 0 Å². The van der Waals surface area contributed by atoms with Crippen LogP contribution in [0, 0.1) is 6.92 Å². The molecule has 3 aromatic rings. The van der Waals surface area contributed by atoms with Crippen LogP contribution in [0.1, 0.15) is 27.3 Å². The number of aryl methyl sites for hydroxylation is 2. The maximum Gasteiger partial charge on any atom is 0.336 e. The summed E-state index contributed by atoms with van der Waals surface area (Å²) in [6, 6.07) is 7.07. The van der Waals surface area contributed by atoms with Crippen molar-refractivity contribution in [1.29, 1.82) is 0 Å². The highest BCUT2D eigenvalue weighted by molar-refractivity contribution is 6.03. The fourth-order valence-electron chi connectivity index (χ4n) is 2.86. The van der Waals surface area contributed by atoms with Crippen molar-refractivity contribution in [3.63, 3.8) is 0 Å². The zero-order chi connectivity index (χ0) is 18.8. The highest BCUT2D eigenvalue weighted by Crippen LogP contribution is 2.28. The van der Waals surface area contributed by atoms with Crippen LogP contribution < -0.4 is 9.47 Å². The van der Waals surface area contributed by atoms with Gasteiger partial charge in [-0.05, 0) is 36.8 Å². The van der Waals surface area contributed by atoms with Gasteiger partial charge in [-0.25, -0.2) is 9.78 Å². The molecule has 2 aromatic heterocycles. The number of carboxylic acids is 1. The lowest BCUT2D eigenvalue weighted by Gasteiger charge is -2.07. The Kier molecular flexibility index (Phi) is 4.62. The van der Waals surface area contributed by atoms with Gasteiger partial charge in [0, 0.05) is 7.05 Å². The molecular formula is C19H19N3O4. The molecule has 26 heavy (non-hydrogen) atoms. The largest absolute Gasteiger partial charge is 0.493 e. The van der Waals surface area contributed by atoms with Gasteiger partial charge in [0.05, 0.1) is 36.6 Å². The summed E-state index contributed by atoms with van der Waals surface area (Å²) in [5.41, 5.74) is 2.78. The molecule has 3 rings (SSSR count). The van der Waals surface area contributed by atoms with Crippen LogP contribution in [0.5, 0.6) is 11.5 Å². The number of aromatic nitrogens is 3. The fourth-order valence-corrected chi connectivity index (χ4v) is 2.86. The lowest BCUT2D eigenvalue weighted by atomic mass is 10.1. The highest BCUT2D eigenvalue weighted by Gasteiger charge is 2.17. The summed E-state index contributed by atoms with van der Waals surface area (Å²) in [7, 11) is 4.90. The molecule has 7 nitrogen and oxygen atoms in total. The normalized spacial score (nSPS) is 11.2. The lowest BCUT2D eigenvalue weighted by molar-refractivity contribution is 0.0699. The Morgan fingerprint density at radius 1 is 1.15 bits per heavy atom. The number of benzene rings is 1. The molecule has 0 spiro atoms. The van der Waals surface area contributed by atoms with Crippen molar-refractivity contribution < 1.29 is 19.4 Å². The van der Waals surface area contributed by atoms with E-state index in [2.05, 4.69) is 10.1 Å². The highest BCUT2D eigenvalue weighted by atomic mass is 16.5. The van der Waals surface area contributed by atoms with Crippen LogP contribution >= 0.6 is 0 Å². The van der Waals surface area contributed by atoms with Crippen molar-refractivity contribution in [2.45, 2.75) is 6.92 Å². The first-order valence-corrected chi connectivity index (χ1v) is 7.92. The molecule has 1 N–H and O–H groups in total. The van der Waals surface area contributed by atoms with Crippen LogP contribution in [-0.4, -0.2) is 40.1 Å². The third-order valence-corrected chi connectivity index (χ3v) is 4.07. The van der Waals surface area contributed by atoms with E-state index in [9.17, 15) is 9.90 Å². The van der Waals surface area contributed by atoms with Crippen molar-refractivity contribution in [1.82, 2.24) is 14.8 Å². The quantitative estimate of drug-likeness (QED) is 0.758. The molecule has 0 aliphatic carbocycles. The Morgan fingerprint density at radius 3 is 2.54 bits per heavy atom. The summed E-state index contributed by atoms with van der Waals surface area (Å²) in [5, 5.41) is 14.4. The van der Waals surface area contributed by atoms with Gasteiger partial charge in [-0.15, -0.1) is 0 Å². The Labute approximate surface area is 150 Å². The Morgan fingerprint density at radius 2 is 1.88 bits per heavy atom. The maximum absolute atomic E-state index is 11.6. The van der Waals surface area contributed by atoms with Gasteiger partial charge >= 0.3 is 5.97 Å². The monoisotopic (exact) mass is 353 g/mol. The number of aromatic carboxylic acids is 1. The number of nitrogens with zero attached hydrogens (tertiary/aromatic N) is 3. The molecule has 0 aliphatic rings. The van der Waals surface area contributed by atoms with E-state index in [1.165, 1.54) is 0 Å². The maximum atomic E-state index is 11.6. The van der Waals surface area contributed by atoms with E-state index in [0.717, 1.165) is 5.56 Å². The molecule has 0 bridgehead atoms. The fraction of sp³-hybridized carbons (Fsp3) is 0.211. The van der Waals surface area contributed by atoms with Gasteiger partial charge in [0.2, 0.25) is 0 Å². The molecule has 0 aliphatic heterocycles. The Hall–Kier alpha value is -3.35. The standard InChI is InChI=1S/C19H19N3O4/c1-11-17-14(19(23)24)10-13(20-18(17)22(2)21-11)7-5-12-6-8-15(25-3)16(9-12)26-4/h5-10H,1-4H3,(H,23,24)/b7-5+. The SMILES string of the molecule is COc1ccc(/C=C/c2cc(C(=O)O)c3c(C)nn(C)c3n2)cc1OC. The van der Waals surface area contributed by atoms with Crippen LogP contribution in [0.4, 0.5) is 0 Å². The number of pyridine rings is 1. The van der Waals surface area contributed by atoms with E-state index in [1.54, 1.807) is 45.0 Å². The Balaban J connectivity index is 2.05. The van der Waals surface area contributed by atoms with Gasteiger partial charge in [0.25, 0.3) is 0 Å². The average Bonchev–Trinajstić information content (AvgIpc) is 2.92. The molecule has 0 fully saturated rings. The minimum absolute atomic E-state index is 0.188. The minimum Gasteiger partial charge on any atom is -0.493 e. The molecule has 0 saturated heterocycles. The number of carboxylic acid groups (broad SMARTS) is 1. The molecule has 1 aromatic carbocycles. The van der Waals surface area contributed by atoms with Crippen LogP contribution in [-0.2, 0) is 7.05 Å². The molecule has 134 valence electrons. The van der Waals surface area contributed by atoms with Crippen molar-refractivity contribution >= 4 is 29.2 Å². The first-order chi connectivity index (χ1) is 12.4. The predicted octanol–water partition coefficient (Wildman–Crippen LogP) is 3.16. The smallest absolute Gasteiger partial charge is 0.336 e. The van der Waals surface area contributed by atoms with Gasteiger partial charge in [-0.3, -0.25) is 4.68 Å². The zero-order valence-corrected chi connectivity index (χ0v) is 15.0. The first kappa shape index (κ1) is 17.5. The van der Waals surface area contributed by atoms with Gasteiger partial charge in [0.1, 0.15) is 0 Å². The second-order valence-corrected chi connectivity index (χ2v) is 5.76. The molecule has 0 radical (unpaired) electrons. The van der Waals surface area contributed by atoms with Crippen LogP contribution in [0.25, 0.3) is 23.2 Å². The summed E-state index contributed by atoms with van der Waals surface area (Å²) >= 11 is 0. The van der Waals surface area contributed by atoms with Gasteiger partial charge in [-0.1, -0.05) is 12.1 Å². The van der Waals surface area contributed by atoms with Crippen molar-refractivity contribution in [3.8, 4) is 11.5 Å². The molecule has 7 heteroatoms. The molecule has 0 saturated carbocycles. The second-order valence-electron chi connectivity index (χ2n) is 5.76. The van der Waals surface area contributed by atoms with Crippen LogP contribution in [0.2, 0.25) is 0 Å². The number of rotatable bonds is 5. The average molecular weight is 353 g/mol. The summed E-state index contributed by atoms with van der Waals surface area (Å²) in [6.07, 6.45) is 3.60. The van der Waals surface area contributed by atoms with E-state index in [4.69, 9.17) is 9.47 Å². The third kappa shape index (κ3) is 3.11. The molecule has 0 unspecified atom stereocenters. The summed E-state index contributed by atoms with van der Waals surface area (Å²) < 4.78 is 12.1. The van der Waals surface area contributed by atoms with E-state index >= 15 is 0 Å². The van der Waals surface area contributed by atoms with Crippen LogP contribution in [0.15, 0.2) is 24.3 Å². The summed E-state index contributed by atoms with van der Waals surface area (Å²) in [6.45, 7) is 1.77. The van der Waals surface area contributed by atoms with E-state index in [-0.39, 0.29) is 5.56 Å². The zero-order valence-electron chi connectivity index (χ0n) is 15.0. The molecule has 2 heterocycles. The minimum atomic E-state index is -1.01. The van der Waals surface area contributed by atoms with E-state index in [1.807, 2.05) is 24.3 Å². The lowest BCUT2D eigenvalue weighted by Crippen LogP contribution is -2.01. The number of ether oxygens (including phenoxy) is 2. The van der Waals surface area contributed by atoms with E-state index < -0.39 is 5.97 Å². The van der Waals surface area contributed by atoms with Gasteiger partial charge < -0.3 is 14.6 Å². The topological polar surface area (TPSA) is 86.5 Å². The first-order valence-electron chi connectivity index (χ1n) is 7.92. The number of hydrogen-bond acceptors (Lipinski definition) is 5.